The lowest BCUT2D eigenvalue weighted by Crippen LogP contribution is -1.80. The van der Waals surface area contributed by atoms with Gasteiger partial charge in [-0.1, -0.05) is 0 Å². The monoisotopic (exact) mass is 151 g/mol. The van der Waals surface area contributed by atoms with Crippen LogP contribution in [0, 0.1) is 11.3 Å². The summed E-state index contributed by atoms with van der Waals surface area (Å²) in [5.74, 6) is 0. The molecule has 0 amide bonds. The average molecular weight is 151 g/mol. The van der Waals surface area contributed by atoms with E-state index < -0.39 is 0 Å². The number of aromatic nitrogens is 1. The molecule has 0 aromatic carbocycles. The van der Waals surface area contributed by atoms with Gasteiger partial charge in [-0.25, -0.2) is 0 Å². The van der Waals surface area contributed by atoms with Crippen molar-refractivity contribution in [3.8, 4) is 6.07 Å². The van der Waals surface area contributed by atoms with Crippen molar-refractivity contribution in [3.63, 3.8) is 0 Å². The maximum Gasteiger partial charge on any atom is 0.506 e. The zero-order valence-electron chi connectivity index (χ0n) is 4.94. The van der Waals surface area contributed by atoms with E-state index in [-0.39, 0.29) is 0 Å². The van der Waals surface area contributed by atoms with Crippen LogP contribution in [0.1, 0.15) is 5.56 Å². The number of pyridine rings is 1. The molecule has 0 atom stereocenters. The minimum atomic E-state index is 0.335. The van der Waals surface area contributed by atoms with Crippen LogP contribution in [0.4, 0.5) is 0 Å². The van der Waals surface area contributed by atoms with E-state index in [4.69, 9.17) is 5.26 Å². The summed E-state index contributed by atoms with van der Waals surface area (Å²) < 4.78 is 10.2. The van der Waals surface area contributed by atoms with Gasteiger partial charge in [-0.2, -0.15) is 5.26 Å². The number of hydrogen-bond acceptors (Lipinski definition) is 3. The number of hydrogen-bond donors (Lipinski definition) is 0. The fourth-order valence-corrected chi connectivity index (χ4v) is 0.805. The predicted molar refractivity (Wildman–Crippen MR) is 35.3 cm³/mol. The second-order valence-electron chi connectivity index (χ2n) is 1.60. The third kappa shape index (κ3) is 1.33. The molecule has 0 aliphatic heterocycles. The normalized spacial score (nSPS) is 8.30. The topological polar surface area (TPSA) is 53.8 Å². The van der Waals surface area contributed by atoms with Gasteiger partial charge in [-0.3, -0.25) is 4.98 Å². The summed E-state index contributed by atoms with van der Waals surface area (Å²) in [7, 11) is 0. The van der Waals surface area contributed by atoms with Gasteiger partial charge in [0.05, 0.1) is 11.8 Å². The highest BCUT2D eigenvalue weighted by Gasteiger charge is 2.06. The zero-order valence-corrected chi connectivity index (χ0v) is 5.76. The van der Waals surface area contributed by atoms with Crippen molar-refractivity contribution in [1.82, 2.24) is 4.98 Å². The van der Waals surface area contributed by atoms with Crippen molar-refractivity contribution in [2.45, 2.75) is 4.90 Å². The summed E-state index contributed by atoms with van der Waals surface area (Å²) in [6.45, 7) is 0. The van der Waals surface area contributed by atoms with Crippen LogP contribution < -0.4 is 0 Å². The van der Waals surface area contributed by atoms with E-state index in [0.29, 0.717) is 22.1 Å². The Balaban J connectivity index is 3.13. The van der Waals surface area contributed by atoms with Crippen LogP contribution >= 0.6 is 0 Å². The Morgan fingerprint density at radius 3 is 3.00 bits per heavy atom. The van der Waals surface area contributed by atoms with Crippen molar-refractivity contribution in [2.75, 3.05) is 0 Å². The Morgan fingerprint density at radius 2 is 2.40 bits per heavy atom. The van der Waals surface area contributed by atoms with Crippen LogP contribution in [-0.2, 0) is 15.9 Å². The maximum absolute atomic E-state index is 10.2. The van der Waals surface area contributed by atoms with Gasteiger partial charge in [-0.15, -0.1) is 0 Å². The highest BCUT2D eigenvalue weighted by atomic mass is 32.1. The molecule has 3 nitrogen and oxygen atoms in total. The molecule has 48 valence electrons. The van der Waals surface area contributed by atoms with E-state index in [1.807, 2.05) is 6.07 Å². The lowest BCUT2D eigenvalue weighted by atomic mass is 10.3. The second-order valence-corrected chi connectivity index (χ2v) is 2.24. The van der Waals surface area contributed by atoms with Crippen molar-refractivity contribution >= 4 is 11.7 Å². The summed E-state index contributed by atoms with van der Waals surface area (Å²) >= 11 is 0.335. The fraction of sp³-hybridized carbons (Fsp3) is 0. The van der Waals surface area contributed by atoms with Crippen LogP contribution in [0.25, 0.3) is 0 Å². The predicted octanol–water partition coefficient (Wildman–Crippen LogP) is 0.740. The summed E-state index contributed by atoms with van der Waals surface area (Å²) in [6, 6.07) is 3.39. The van der Waals surface area contributed by atoms with Gasteiger partial charge >= 0.3 is 16.6 Å². The first-order valence-electron chi connectivity index (χ1n) is 2.52. The first-order chi connectivity index (χ1) is 4.86. The average Bonchev–Trinajstić information content (AvgIpc) is 2.05. The Labute approximate surface area is 61.8 Å². The molecule has 0 saturated carbocycles. The Morgan fingerprint density at radius 1 is 1.60 bits per heavy atom. The molecule has 4 heteroatoms. The fourth-order valence-electron chi connectivity index (χ4n) is 0.526. The number of rotatable bonds is 1. The number of nitrogens with zero attached hydrogens (tertiary/aromatic N) is 2. The highest BCUT2D eigenvalue weighted by Crippen LogP contribution is 1.99. The molecule has 10 heavy (non-hydrogen) atoms. The molecule has 0 aliphatic carbocycles. The molecule has 0 unspecified atom stereocenters. The second kappa shape index (κ2) is 2.99. The molecule has 0 saturated heterocycles. The molecule has 0 fully saturated rings. The lowest BCUT2D eigenvalue weighted by molar-refractivity contribution is 0.604. The van der Waals surface area contributed by atoms with Crippen LogP contribution in [-0.4, -0.2) is 4.98 Å². The Kier molecular flexibility index (Phi) is 2.03. The van der Waals surface area contributed by atoms with E-state index in [1.165, 1.54) is 18.5 Å². The van der Waals surface area contributed by atoms with E-state index in [2.05, 4.69) is 4.98 Å². The standard InChI is InChI=1S/C6H3N2OS/c7-2-5-1-6(10-9)4-8-3-5/h1,3-4H/q+1. The minimum absolute atomic E-state index is 0.335. The van der Waals surface area contributed by atoms with Crippen LogP contribution in [0.3, 0.4) is 0 Å². The molecule has 0 bridgehead atoms. The van der Waals surface area contributed by atoms with Crippen molar-refractivity contribution in [2.24, 2.45) is 0 Å². The highest BCUT2D eigenvalue weighted by molar-refractivity contribution is 7.65. The molecular weight excluding hydrogens is 148 g/mol. The van der Waals surface area contributed by atoms with Gasteiger partial charge in [0, 0.05) is 16.5 Å². The molecule has 1 rings (SSSR count). The van der Waals surface area contributed by atoms with Crippen LogP contribution in [0.5, 0.6) is 0 Å². The molecule has 1 aromatic heterocycles. The molecule has 1 aromatic rings. The largest absolute Gasteiger partial charge is 0.506 e. The molecule has 0 radical (unpaired) electrons. The summed E-state index contributed by atoms with van der Waals surface area (Å²) in [4.78, 5) is 4.15. The molecule has 0 N–H and O–H groups in total. The maximum atomic E-state index is 10.2. The molecular formula is C6H3N2OS+. The van der Waals surface area contributed by atoms with Gasteiger partial charge in [0.1, 0.15) is 6.07 Å². The number of nitriles is 1. The van der Waals surface area contributed by atoms with Gasteiger partial charge < -0.3 is 0 Å². The minimum Gasteiger partial charge on any atom is -0.257 e. The van der Waals surface area contributed by atoms with Crippen LogP contribution in [0.15, 0.2) is 23.4 Å². The third-order valence-corrected chi connectivity index (χ3v) is 1.35. The first kappa shape index (κ1) is 6.78. The smallest absolute Gasteiger partial charge is 0.257 e. The van der Waals surface area contributed by atoms with Gasteiger partial charge in [0.2, 0.25) is 0 Å². The Bertz CT molecular complexity index is 292. The van der Waals surface area contributed by atoms with Crippen LogP contribution in [0.2, 0.25) is 0 Å². The Hall–Kier alpha value is -1.34. The van der Waals surface area contributed by atoms with Crippen molar-refractivity contribution in [1.29, 1.82) is 5.26 Å². The third-order valence-electron chi connectivity index (χ3n) is 0.938. The zero-order chi connectivity index (χ0) is 7.40. The lowest BCUT2D eigenvalue weighted by Gasteiger charge is -1.79. The quantitative estimate of drug-likeness (QED) is 0.556. The first-order valence-corrected chi connectivity index (χ1v) is 3.26. The van der Waals surface area contributed by atoms with Crippen molar-refractivity contribution in [3.05, 3.63) is 24.0 Å². The SMILES string of the molecule is N#Cc1cncc([S+]=O)c1. The molecule has 1 heterocycles. The molecule has 0 spiro atoms. The van der Waals surface area contributed by atoms with E-state index >= 15 is 0 Å². The van der Waals surface area contributed by atoms with E-state index in [9.17, 15) is 4.21 Å². The molecule has 0 aliphatic rings. The van der Waals surface area contributed by atoms with Gasteiger partial charge in [0.15, 0.2) is 0 Å². The summed E-state index contributed by atoms with van der Waals surface area (Å²) in [5.41, 5.74) is 0.417. The van der Waals surface area contributed by atoms with E-state index in [1.54, 1.807) is 0 Å². The van der Waals surface area contributed by atoms with E-state index in [0.717, 1.165) is 0 Å². The van der Waals surface area contributed by atoms with Gasteiger partial charge in [0.25, 0.3) is 0 Å². The summed E-state index contributed by atoms with van der Waals surface area (Å²) in [6.07, 6.45) is 2.85. The van der Waals surface area contributed by atoms with Crippen molar-refractivity contribution < 1.29 is 4.21 Å². The van der Waals surface area contributed by atoms with Gasteiger partial charge in [-0.05, 0) is 0 Å². The summed E-state index contributed by atoms with van der Waals surface area (Å²) in [5, 5.41) is 8.36.